The van der Waals surface area contributed by atoms with Gasteiger partial charge in [0, 0.05) is 80.7 Å². The molecule has 0 saturated heterocycles. The Bertz CT molecular complexity index is 630. The van der Waals surface area contributed by atoms with Crippen molar-refractivity contribution in [2.75, 3.05) is 55.7 Å². The van der Waals surface area contributed by atoms with Gasteiger partial charge in [0.05, 0.1) is 11.8 Å². The highest BCUT2D eigenvalue weighted by molar-refractivity contribution is 6.60. The van der Waals surface area contributed by atoms with E-state index in [2.05, 4.69) is 10.6 Å². The minimum absolute atomic E-state index is 0.184. The van der Waals surface area contributed by atoms with Crippen LogP contribution >= 0.6 is 0 Å². The van der Waals surface area contributed by atoms with E-state index in [9.17, 15) is 29.4 Å². The fourth-order valence-corrected chi connectivity index (χ4v) is 6.97. The van der Waals surface area contributed by atoms with Crippen molar-refractivity contribution in [3.05, 3.63) is 0 Å². The lowest BCUT2D eigenvalue weighted by atomic mass is 9.86. The molecule has 36 heavy (non-hydrogen) atoms. The summed E-state index contributed by atoms with van der Waals surface area (Å²) in [6.07, 6.45) is -0.306. The molecule has 0 saturated carbocycles. The predicted octanol–water partition coefficient (Wildman–Crippen LogP) is -0.0630. The summed E-state index contributed by atoms with van der Waals surface area (Å²) in [6.45, 7) is 0.368. The van der Waals surface area contributed by atoms with Crippen molar-refractivity contribution in [2.24, 2.45) is 11.8 Å². The Hall–Kier alpha value is -1.93. The molecule has 0 spiro atoms. The maximum atomic E-state index is 12.3. The highest BCUT2D eigenvalue weighted by Gasteiger charge is 2.39. The largest absolute Gasteiger partial charge is 0.500 e. The average molecular weight is 557 g/mol. The van der Waals surface area contributed by atoms with Gasteiger partial charge in [-0.2, -0.15) is 0 Å². The third-order valence-corrected chi connectivity index (χ3v) is 11.4. The highest BCUT2D eigenvalue weighted by Crippen LogP contribution is 2.22. The minimum Gasteiger partial charge on any atom is -0.481 e. The fourth-order valence-electron chi connectivity index (χ4n) is 3.52. The van der Waals surface area contributed by atoms with Crippen LogP contribution < -0.4 is 10.6 Å². The van der Waals surface area contributed by atoms with Crippen molar-refractivity contribution in [3.8, 4) is 0 Å². The summed E-state index contributed by atoms with van der Waals surface area (Å²) >= 11 is 0. The van der Waals surface area contributed by atoms with E-state index in [-0.39, 0.29) is 13.1 Å². The number of carboxylic acids is 2. The molecule has 14 nitrogen and oxygen atoms in total. The van der Waals surface area contributed by atoms with Crippen LogP contribution in [0.2, 0.25) is 12.1 Å². The van der Waals surface area contributed by atoms with Gasteiger partial charge in [-0.05, 0) is 12.8 Å². The van der Waals surface area contributed by atoms with Crippen molar-refractivity contribution >= 4 is 41.4 Å². The van der Waals surface area contributed by atoms with E-state index in [1.54, 1.807) is 0 Å². The van der Waals surface area contributed by atoms with Gasteiger partial charge < -0.3 is 47.4 Å². The van der Waals surface area contributed by atoms with E-state index in [0.29, 0.717) is 24.9 Å². The molecule has 0 aromatic heterocycles. The van der Waals surface area contributed by atoms with Crippen LogP contribution in [0.1, 0.15) is 25.7 Å². The fraction of sp³-hybridized carbons (Fsp3) is 0.800. The van der Waals surface area contributed by atoms with Crippen LogP contribution in [-0.4, -0.2) is 107 Å². The number of aliphatic carboxylic acids is 2. The summed E-state index contributed by atoms with van der Waals surface area (Å²) in [7, 11) is 3.16. The first-order chi connectivity index (χ1) is 17.0. The standard InChI is InChI=1S/C20H40N2O12Si2/c1-29-35(30-2,31-3)11-7-9-21-17(23)13-15(19(25)26)16(20(27)28)14-18(24)22-10-8-12-36(32-4,33-5)34-6/h15-16H,7-14H2,1-6H3,(H,21,23)(H,22,24)(H,25,26)(H,27,28). The molecule has 0 fully saturated rings. The third kappa shape index (κ3) is 11.4. The molecule has 0 aliphatic rings. The topological polar surface area (TPSA) is 188 Å². The predicted molar refractivity (Wildman–Crippen MR) is 130 cm³/mol. The van der Waals surface area contributed by atoms with E-state index in [1.165, 1.54) is 42.7 Å². The van der Waals surface area contributed by atoms with Crippen LogP contribution in [0.4, 0.5) is 0 Å². The number of hydrogen-bond acceptors (Lipinski definition) is 10. The van der Waals surface area contributed by atoms with E-state index >= 15 is 0 Å². The number of nitrogens with one attached hydrogen (secondary N) is 2. The number of hydrogen-bond donors (Lipinski definition) is 4. The third-order valence-electron chi connectivity index (χ3n) is 5.76. The molecule has 0 aromatic carbocycles. The summed E-state index contributed by atoms with van der Waals surface area (Å²) in [5.74, 6) is -7.43. The average Bonchev–Trinajstić information content (AvgIpc) is 2.87. The van der Waals surface area contributed by atoms with Gasteiger partial charge >= 0.3 is 29.5 Å². The molecule has 0 heterocycles. The Morgan fingerprint density at radius 1 is 0.611 bits per heavy atom. The maximum Gasteiger partial charge on any atom is 0.500 e. The molecule has 0 rings (SSSR count). The first-order valence-corrected chi connectivity index (χ1v) is 15.2. The number of amides is 2. The molecule has 0 aliphatic carbocycles. The van der Waals surface area contributed by atoms with Gasteiger partial charge in [0.1, 0.15) is 0 Å². The second-order valence-electron chi connectivity index (χ2n) is 7.80. The van der Waals surface area contributed by atoms with Gasteiger partial charge in [0.2, 0.25) is 11.8 Å². The first-order valence-electron chi connectivity index (χ1n) is 11.3. The Morgan fingerprint density at radius 3 is 1.11 bits per heavy atom. The zero-order valence-corrected chi connectivity index (χ0v) is 23.8. The summed E-state index contributed by atoms with van der Waals surface area (Å²) < 4.78 is 31.7. The van der Waals surface area contributed by atoms with Crippen molar-refractivity contribution in [3.63, 3.8) is 0 Å². The molecule has 16 heteroatoms. The summed E-state index contributed by atoms with van der Waals surface area (Å²) in [4.78, 5) is 48.1. The van der Waals surface area contributed by atoms with Crippen LogP contribution in [0, 0.1) is 11.8 Å². The molecule has 2 amide bonds. The molecule has 2 unspecified atom stereocenters. The SMILES string of the molecule is CO[Si](CCCNC(=O)CC(C(=O)O)C(CC(=O)NCCC[Si](OC)(OC)OC)C(=O)O)(OC)OC. The van der Waals surface area contributed by atoms with Gasteiger partial charge in [-0.15, -0.1) is 0 Å². The summed E-state index contributed by atoms with van der Waals surface area (Å²) in [5.41, 5.74) is 0. The van der Waals surface area contributed by atoms with Crippen LogP contribution in [0.25, 0.3) is 0 Å². The van der Waals surface area contributed by atoms with Gasteiger partial charge in [-0.1, -0.05) is 0 Å². The van der Waals surface area contributed by atoms with Gasteiger partial charge in [0.15, 0.2) is 0 Å². The smallest absolute Gasteiger partial charge is 0.481 e. The van der Waals surface area contributed by atoms with Crippen LogP contribution in [0.15, 0.2) is 0 Å². The lowest BCUT2D eigenvalue weighted by molar-refractivity contribution is -0.156. The highest BCUT2D eigenvalue weighted by atomic mass is 28.4. The van der Waals surface area contributed by atoms with E-state index < -0.39 is 66.0 Å². The van der Waals surface area contributed by atoms with Crippen molar-refractivity contribution < 1.29 is 55.9 Å². The zero-order chi connectivity index (χ0) is 27.8. The first kappa shape index (κ1) is 34.1. The normalized spacial score (nSPS) is 13.6. The number of carbonyl (C=O) groups excluding carboxylic acids is 2. The Labute approximate surface area is 213 Å². The number of rotatable bonds is 21. The van der Waals surface area contributed by atoms with Crippen LogP contribution in [0.3, 0.4) is 0 Å². The molecule has 2 atom stereocenters. The Kier molecular flexibility index (Phi) is 16.6. The Balaban J connectivity index is 4.86. The minimum atomic E-state index is -2.81. The monoisotopic (exact) mass is 556 g/mol. The quantitative estimate of drug-likeness (QED) is 0.109. The van der Waals surface area contributed by atoms with Crippen molar-refractivity contribution in [2.45, 2.75) is 37.8 Å². The molecular weight excluding hydrogens is 516 g/mol. The molecule has 4 N–H and O–H groups in total. The Morgan fingerprint density at radius 2 is 0.889 bits per heavy atom. The zero-order valence-electron chi connectivity index (χ0n) is 21.8. The van der Waals surface area contributed by atoms with Crippen molar-refractivity contribution in [1.82, 2.24) is 10.6 Å². The van der Waals surface area contributed by atoms with E-state index in [4.69, 9.17) is 26.6 Å². The van der Waals surface area contributed by atoms with Gasteiger partial charge in [0.25, 0.3) is 0 Å². The lowest BCUT2D eigenvalue weighted by Gasteiger charge is -2.24. The number of carboxylic acid groups (broad SMARTS) is 2. The van der Waals surface area contributed by atoms with Gasteiger partial charge in [-0.25, -0.2) is 0 Å². The van der Waals surface area contributed by atoms with Crippen molar-refractivity contribution in [1.29, 1.82) is 0 Å². The summed E-state index contributed by atoms with van der Waals surface area (Å²) in [6, 6.07) is 0.833. The molecule has 0 radical (unpaired) electrons. The van der Waals surface area contributed by atoms with Crippen LogP contribution in [0.5, 0.6) is 0 Å². The molecule has 0 aromatic rings. The molecule has 210 valence electrons. The second-order valence-corrected chi connectivity index (χ2v) is 14.0. The lowest BCUT2D eigenvalue weighted by Crippen LogP contribution is -2.43. The van der Waals surface area contributed by atoms with Crippen LogP contribution in [-0.2, 0) is 45.7 Å². The van der Waals surface area contributed by atoms with E-state index in [1.807, 2.05) is 0 Å². The van der Waals surface area contributed by atoms with E-state index in [0.717, 1.165) is 0 Å². The maximum absolute atomic E-state index is 12.3. The van der Waals surface area contributed by atoms with Gasteiger partial charge in [-0.3, -0.25) is 19.2 Å². The number of carbonyl (C=O) groups is 4. The summed E-state index contributed by atoms with van der Waals surface area (Å²) in [5, 5.41) is 24.2. The molecule has 0 bridgehead atoms. The molecular formula is C20H40N2O12Si2. The molecule has 0 aliphatic heterocycles. The second kappa shape index (κ2) is 17.5.